The van der Waals surface area contributed by atoms with E-state index in [1.54, 1.807) is 0 Å². The number of rotatable bonds is 10. The molecule has 23 heavy (non-hydrogen) atoms. The topological polar surface area (TPSA) is 54.9 Å². The molecule has 1 saturated heterocycles. The van der Waals surface area contributed by atoms with Crippen LogP contribution >= 0.6 is 0 Å². The van der Waals surface area contributed by atoms with Gasteiger partial charge in [-0.05, 0) is 37.5 Å². The standard InChI is InChI=1S/C18H37N3O2/c1-18(2,3)10-5-6-11-20-17(19-4)21-12-8-13-22-15-16-9-7-14-23-16/h16H,5-15H2,1-4H3,(H2,19,20,21). The fraction of sp³-hybridized carbons (Fsp3) is 0.944. The minimum atomic E-state index is 0.325. The van der Waals surface area contributed by atoms with Crippen molar-refractivity contribution < 1.29 is 9.47 Å². The van der Waals surface area contributed by atoms with E-state index in [4.69, 9.17) is 9.47 Å². The van der Waals surface area contributed by atoms with E-state index >= 15 is 0 Å². The zero-order chi connectivity index (χ0) is 17.0. The van der Waals surface area contributed by atoms with Crippen LogP contribution in [-0.2, 0) is 9.47 Å². The van der Waals surface area contributed by atoms with Crippen molar-refractivity contribution in [1.29, 1.82) is 0 Å². The van der Waals surface area contributed by atoms with Gasteiger partial charge in [0.2, 0.25) is 0 Å². The van der Waals surface area contributed by atoms with Crippen LogP contribution in [0.4, 0.5) is 0 Å². The second kappa shape index (κ2) is 11.7. The van der Waals surface area contributed by atoms with Gasteiger partial charge in [-0.25, -0.2) is 0 Å². The molecule has 136 valence electrons. The molecule has 1 unspecified atom stereocenters. The summed E-state index contributed by atoms with van der Waals surface area (Å²) < 4.78 is 11.2. The van der Waals surface area contributed by atoms with Gasteiger partial charge in [-0.15, -0.1) is 0 Å². The van der Waals surface area contributed by atoms with Crippen molar-refractivity contribution in [1.82, 2.24) is 10.6 Å². The molecule has 0 amide bonds. The number of aliphatic imine (C=N–C) groups is 1. The van der Waals surface area contributed by atoms with E-state index in [1.165, 1.54) is 25.7 Å². The summed E-state index contributed by atoms with van der Waals surface area (Å²) in [7, 11) is 1.82. The Morgan fingerprint density at radius 1 is 1.17 bits per heavy atom. The van der Waals surface area contributed by atoms with Gasteiger partial charge in [0.05, 0.1) is 12.7 Å². The van der Waals surface area contributed by atoms with Crippen LogP contribution in [0.5, 0.6) is 0 Å². The highest BCUT2D eigenvalue weighted by Crippen LogP contribution is 2.21. The van der Waals surface area contributed by atoms with Gasteiger partial charge in [0, 0.05) is 33.4 Å². The first-order valence-electron chi connectivity index (χ1n) is 9.15. The summed E-state index contributed by atoms with van der Waals surface area (Å²) in [4.78, 5) is 4.25. The Morgan fingerprint density at radius 2 is 1.91 bits per heavy atom. The molecule has 1 fully saturated rings. The quantitative estimate of drug-likeness (QED) is 0.368. The van der Waals surface area contributed by atoms with Gasteiger partial charge in [-0.1, -0.05) is 27.2 Å². The fourth-order valence-electron chi connectivity index (χ4n) is 2.58. The Balaban J connectivity index is 1.92. The van der Waals surface area contributed by atoms with Gasteiger partial charge in [0.15, 0.2) is 5.96 Å². The Bertz CT molecular complexity index is 321. The molecule has 0 aromatic heterocycles. The Morgan fingerprint density at radius 3 is 2.52 bits per heavy atom. The number of ether oxygens (including phenoxy) is 2. The van der Waals surface area contributed by atoms with Crippen LogP contribution in [0.1, 0.15) is 59.3 Å². The van der Waals surface area contributed by atoms with Crippen LogP contribution in [0.15, 0.2) is 4.99 Å². The summed E-state index contributed by atoms with van der Waals surface area (Å²) in [5.41, 5.74) is 0.434. The maximum absolute atomic E-state index is 5.65. The molecule has 5 heteroatoms. The molecule has 1 aliphatic rings. The zero-order valence-electron chi connectivity index (χ0n) is 15.6. The molecule has 2 N–H and O–H groups in total. The molecule has 0 saturated carbocycles. The lowest BCUT2D eigenvalue weighted by molar-refractivity contribution is 0.0168. The Kier molecular flexibility index (Phi) is 10.3. The smallest absolute Gasteiger partial charge is 0.190 e. The van der Waals surface area contributed by atoms with Gasteiger partial charge in [-0.2, -0.15) is 0 Å². The maximum atomic E-state index is 5.65. The van der Waals surface area contributed by atoms with Gasteiger partial charge in [0.25, 0.3) is 0 Å². The lowest BCUT2D eigenvalue weighted by Gasteiger charge is -2.18. The summed E-state index contributed by atoms with van der Waals surface area (Å²) in [6, 6.07) is 0. The second-order valence-electron chi connectivity index (χ2n) is 7.51. The first kappa shape index (κ1) is 20.2. The zero-order valence-corrected chi connectivity index (χ0v) is 15.6. The maximum Gasteiger partial charge on any atom is 0.190 e. The highest BCUT2D eigenvalue weighted by Gasteiger charge is 2.14. The second-order valence-corrected chi connectivity index (χ2v) is 7.51. The first-order chi connectivity index (χ1) is 11.0. The van der Waals surface area contributed by atoms with Crippen LogP contribution in [0.25, 0.3) is 0 Å². The summed E-state index contributed by atoms with van der Waals surface area (Å²) in [6.07, 6.45) is 7.33. The monoisotopic (exact) mass is 327 g/mol. The van der Waals surface area contributed by atoms with E-state index < -0.39 is 0 Å². The number of nitrogens with one attached hydrogen (secondary N) is 2. The summed E-state index contributed by atoms with van der Waals surface area (Å²) in [5.74, 6) is 0.889. The van der Waals surface area contributed by atoms with Crippen molar-refractivity contribution in [2.75, 3.05) is 40.0 Å². The van der Waals surface area contributed by atoms with Crippen LogP contribution in [0.3, 0.4) is 0 Å². The Hall–Kier alpha value is -0.810. The minimum Gasteiger partial charge on any atom is -0.379 e. The van der Waals surface area contributed by atoms with E-state index in [-0.39, 0.29) is 0 Å². The van der Waals surface area contributed by atoms with Gasteiger partial charge in [-0.3, -0.25) is 4.99 Å². The summed E-state index contributed by atoms with van der Waals surface area (Å²) in [5, 5.41) is 6.70. The van der Waals surface area contributed by atoms with Crippen LogP contribution in [0.2, 0.25) is 0 Å². The van der Waals surface area contributed by atoms with Crippen molar-refractivity contribution in [3.63, 3.8) is 0 Å². The average Bonchev–Trinajstić information content (AvgIpc) is 3.00. The molecule has 1 atom stereocenters. The lowest BCUT2D eigenvalue weighted by Crippen LogP contribution is -2.38. The molecule has 0 aliphatic carbocycles. The van der Waals surface area contributed by atoms with Crippen LogP contribution < -0.4 is 10.6 Å². The number of hydrogen-bond donors (Lipinski definition) is 2. The number of unbranched alkanes of at least 4 members (excludes halogenated alkanes) is 1. The van der Waals surface area contributed by atoms with Crippen LogP contribution in [-0.4, -0.2) is 52.0 Å². The molecule has 1 heterocycles. The third kappa shape index (κ3) is 11.4. The third-order valence-corrected chi connectivity index (χ3v) is 3.96. The van der Waals surface area contributed by atoms with E-state index in [1.807, 2.05) is 7.05 Å². The molecule has 0 aromatic rings. The SMILES string of the molecule is CN=C(NCCCCC(C)(C)C)NCCCOCC1CCCO1. The van der Waals surface area contributed by atoms with Crippen molar-refractivity contribution in [3.8, 4) is 0 Å². The van der Waals surface area contributed by atoms with E-state index in [9.17, 15) is 0 Å². The highest BCUT2D eigenvalue weighted by molar-refractivity contribution is 5.79. The molecule has 0 spiro atoms. The number of hydrogen-bond acceptors (Lipinski definition) is 3. The van der Waals surface area contributed by atoms with Crippen molar-refractivity contribution in [2.24, 2.45) is 10.4 Å². The van der Waals surface area contributed by atoms with E-state index in [0.717, 1.165) is 51.7 Å². The third-order valence-electron chi connectivity index (χ3n) is 3.96. The minimum absolute atomic E-state index is 0.325. The predicted octanol–water partition coefficient (Wildman–Crippen LogP) is 2.95. The molecular weight excluding hydrogens is 290 g/mol. The van der Waals surface area contributed by atoms with Gasteiger partial charge in [0.1, 0.15) is 0 Å². The number of guanidine groups is 1. The molecule has 0 radical (unpaired) electrons. The van der Waals surface area contributed by atoms with Crippen molar-refractivity contribution >= 4 is 5.96 Å². The highest BCUT2D eigenvalue weighted by atomic mass is 16.5. The molecule has 1 rings (SSSR count). The summed E-state index contributed by atoms with van der Waals surface area (Å²) >= 11 is 0. The van der Waals surface area contributed by atoms with Gasteiger partial charge >= 0.3 is 0 Å². The fourth-order valence-corrected chi connectivity index (χ4v) is 2.58. The summed E-state index contributed by atoms with van der Waals surface area (Å²) in [6.45, 7) is 11.1. The first-order valence-corrected chi connectivity index (χ1v) is 9.15. The molecule has 0 aromatic carbocycles. The van der Waals surface area contributed by atoms with Crippen molar-refractivity contribution in [2.45, 2.75) is 65.4 Å². The van der Waals surface area contributed by atoms with Gasteiger partial charge < -0.3 is 20.1 Å². The lowest BCUT2D eigenvalue weighted by atomic mass is 9.90. The molecule has 1 aliphatic heterocycles. The average molecular weight is 328 g/mol. The number of nitrogens with zero attached hydrogens (tertiary/aromatic N) is 1. The molecule has 0 bridgehead atoms. The largest absolute Gasteiger partial charge is 0.379 e. The molecule has 5 nitrogen and oxygen atoms in total. The Labute approximate surface area is 142 Å². The van der Waals surface area contributed by atoms with E-state index in [2.05, 4.69) is 36.4 Å². The van der Waals surface area contributed by atoms with E-state index in [0.29, 0.717) is 11.5 Å². The van der Waals surface area contributed by atoms with Crippen LogP contribution in [0, 0.1) is 5.41 Å². The predicted molar refractivity (Wildman–Crippen MR) is 97.1 cm³/mol. The normalized spacial score (nSPS) is 19.1. The van der Waals surface area contributed by atoms with Crippen molar-refractivity contribution in [3.05, 3.63) is 0 Å². The molecular formula is C18H37N3O2.